The molecule has 0 unspecified atom stereocenters. The normalized spacial score (nSPS) is 14.0. The lowest BCUT2D eigenvalue weighted by atomic mass is 10.0. The maximum Gasteiger partial charge on any atom is 0.368 e. The Hall–Kier alpha value is -3.51. The van der Waals surface area contributed by atoms with Gasteiger partial charge in [-0.25, -0.2) is 4.31 Å². The molecule has 5 rings (SSSR count). The summed E-state index contributed by atoms with van der Waals surface area (Å²) in [6.07, 6.45) is 3.15. The van der Waals surface area contributed by atoms with Gasteiger partial charge in [0.15, 0.2) is 6.35 Å². The van der Waals surface area contributed by atoms with Crippen LogP contribution in [0.3, 0.4) is 0 Å². The summed E-state index contributed by atoms with van der Waals surface area (Å²) in [5.74, 6) is 1.99. The number of benzene rings is 4. The van der Waals surface area contributed by atoms with E-state index in [2.05, 4.69) is 60.7 Å². The van der Waals surface area contributed by atoms with Crippen LogP contribution in [-0.2, 0) is 42.8 Å². The van der Waals surface area contributed by atoms with Crippen LogP contribution in [0.4, 0.5) is 0 Å². The van der Waals surface area contributed by atoms with Crippen LogP contribution in [0.25, 0.3) is 0 Å². The first kappa shape index (κ1) is 48.6. The summed E-state index contributed by atoms with van der Waals surface area (Å²) in [6.45, 7) is 12.7. The number of hydrogen-bond acceptors (Lipinski definition) is 10. The quantitative estimate of drug-likeness (QED) is 0.0476. The fourth-order valence-electron chi connectivity index (χ4n) is 5.29. The lowest BCUT2D eigenvalue weighted by Gasteiger charge is -2.26. The van der Waals surface area contributed by atoms with Crippen molar-refractivity contribution in [2.24, 2.45) is 11.8 Å². The van der Waals surface area contributed by atoms with E-state index >= 15 is 0 Å². The van der Waals surface area contributed by atoms with Gasteiger partial charge in [-0.3, -0.25) is 9.36 Å². The lowest BCUT2D eigenvalue weighted by molar-refractivity contribution is -0.122. The molecule has 0 bridgehead atoms. The topological polar surface area (TPSA) is 127 Å². The molecule has 0 radical (unpaired) electrons. The number of likely N-dealkylation sites (N-methyl/N-ethyl adjacent to an activating group) is 1. The molecule has 1 aliphatic heterocycles. The van der Waals surface area contributed by atoms with Gasteiger partial charge < -0.3 is 34.1 Å². The van der Waals surface area contributed by atoms with Gasteiger partial charge in [-0.2, -0.15) is 0 Å². The number of aliphatic hydroxyl groups is 1. The van der Waals surface area contributed by atoms with Gasteiger partial charge in [-0.05, 0) is 98.0 Å². The Morgan fingerprint density at radius 3 is 1.80 bits per heavy atom. The van der Waals surface area contributed by atoms with E-state index in [9.17, 15) is 4.57 Å². The van der Waals surface area contributed by atoms with Crippen LogP contribution in [0.1, 0.15) is 57.2 Å². The second-order valence-electron chi connectivity index (χ2n) is 13.6. The SMILES string of the molecule is CCO.CN[C@H](CCN(CC(C)C)Sc1ccc(OCP(=O)(OCc2ccccc2)OCc2ccccc2)cc1)Cc1ccccc1.C[C@H]1CCOC1.O=CO. The third-order valence-corrected chi connectivity index (χ3v) is 10.7. The molecule has 4 aromatic rings. The van der Waals surface area contributed by atoms with Crippen LogP contribution in [0.5, 0.6) is 5.75 Å². The minimum atomic E-state index is -3.55. The van der Waals surface area contributed by atoms with E-state index in [4.69, 9.17) is 33.5 Å². The van der Waals surface area contributed by atoms with Crippen molar-refractivity contribution in [2.45, 2.75) is 71.1 Å². The van der Waals surface area contributed by atoms with E-state index in [0.717, 1.165) is 61.1 Å². The highest BCUT2D eigenvalue weighted by Gasteiger charge is 2.27. The molecule has 12 heteroatoms. The highest BCUT2D eigenvalue weighted by atomic mass is 32.2. The van der Waals surface area contributed by atoms with Gasteiger partial charge in [0.2, 0.25) is 0 Å². The van der Waals surface area contributed by atoms with Crippen molar-refractivity contribution in [2.75, 3.05) is 46.3 Å². The van der Waals surface area contributed by atoms with Gasteiger partial charge in [0.05, 0.1) is 13.2 Å². The zero-order chi connectivity index (χ0) is 40.9. The van der Waals surface area contributed by atoms with Crippen molar-refractivity contribution in [3.63, 3.8) is 0 Å². The summed E-state index contributed by atoms with van der Waals surface area (Å²) >= 11 is 1.77. The predicted octanol–water partition coefficient (Wildman–Crippen LogP) is 9.58. The molecule has 4 aromatic carbocycles. The minimum absolute atomic E-state index is 0.175. The predicted molar refractivity (Wildman–Crippen MR) is 228 cm³/mol. The molecule has 1 aliphatic rings. The number of nitrogens with zero attached hydrogens (tertiary/aromatic N) is 1. The highest BCUT2D eigenvalue weighted by molar-refractivity contribution is 7.97. The molecule has 308 valence electrons. The van der Waals surface area contributed by atoms with Crippen molar-refractivity contribution in [3.8, 4) is 5.75 Å². The molecule has 0 aromatic heterocycles. The van der Waals surface area contributed by atoms with Crippen LogP contribution in [0, 0.1) is 11.8 Å². The Labute approximate surface area is 339 Å². The van der Waals surface area contributed by atoms with E-state index < -0.39 is 7.60 Å². The second kappa shape index (κ2) is 29.7. The number of hydrogen-bond donors (Lipinski definition) is 3. The largest absolute Gasteiger partial charge is 0.483 e. The molecule has 2 atom stereocenters. The maximum atomic E-state index is 13.7. The highest BCUT2D eigenvalue weighted by Crippen LogP contribution is 2.50. The third kappa shape index (κ3) is 22.3. The first-order valence-corrected chi connectivity index (χ1v) is 21.7. The molecule has 56 heavy (non-hydrogen) atoms. The minimum Gasteiger partial charge on any atom is -0.483 e. The Morgan fingerprint density at radius 1 is 0.893 bits per heavy atom. The Kier molecular flexibility index (Phi) is 25.8. The number of carboxylic acid groups (broad SMARTS) is 1. The average Bonchev–Trinajstić information content (AvgIpc) is 3.70. The number of carbonyl (C=O) groups is 1. The Balaban J connectivity index is 0.000000781. The summed E-state index contributed by atoms with van der Waals surface area (Å²) in [7, 11) is -1.51. The standard InChI is InChI=1S/C36H45N2O4PS.C5H10O.C2H6O.CH2O2/c1-30(2)26-38(24-23-34(37-3)25-31-13-7-4-8-14-31)44-36-21-19-35(20-22-36)40-29-43(39,41-27-32-15-9-5-10-16-32)42-28-33-17-11-6-12-18-33;1-5-2-3-6-4-5;1-2-3;2-1-3/h4-22,30,34,37H,23-29H2,1-3H3;5H,2-4H2,1H3;3H,2H2,1H3;1H,(H,2,3)/t34-;5-;;/m10../s1. The van der Waals surface area contributed by atoms with Crippen LogP contribution >= 0.6 is 19.5 Å². The van der Waals surface area contributed by atoms with E-state index in [1.165, 1.54) is 12.0 Å². The van der Waals surface area contributed by atoms with Gasteiger partial charge in [-0.1, -0.05) is 112 Å². The molecule has 0 amide bonds. The smallest absolute Gasteiger partial charge is 0.368 e. The van der Waals surface area contributed by atoms with E-state index in [1.807, 2.05) is 92.0 Å². The molecule has 0 spiro atoms. The lowest BCUT2D eigenvalue weighted by Crippen LogP contribution is -2.32. The molecular weight excluding hydrogens is 748 g/mol. The van der Waals surface area contributed by atoms with Crippen molar-refractivity contribution in [1.29, 1.82) is 0 Å². The van der Waals surface area contributed by atoms with Crippen LogP contribution < -0.4 is 10.1 Å². The van der Waals surface area contributed by atoms with E-state index in [1.54, 1.807) is 18.9 Å². The molecule has 10 nitrogen and oxygen atoms in total. The zero-order valence-electron chi connectivity index (χ0n) is 33.7. The maximum absolute atomic E-state index is 13.7. The van der Waals surface area contributed by atoms with Crippen LogP contribution in [-0.4, -0.2) is 73.3 Å². The van der Waals surface area contributed by atoms with Gasteiger partial charge in [0.25, 0.3) is 6.47 Å². The summed E-state index contributed by atoms with van der Waals surface area (Å²) in [6, 6.07) is 38.3. The summed E-state index contributed by atoms with van der Waals surface area (Å²) in [5, 5.41) is 18.0. The number of nitrogens with one attached hydrogen (secondary N) is 1. The Bertz CT molecular complexity index is 1530. The molecule has 1 saturated heterocycles. The Morgan fingerprint density at radius 2 is 1.39 bits per heavy atom. The molecule has 0 aliphatic carbocycles. The number of rotatable bonds is 19. The van der Waals surface area contributed by atoms with Gasteiger partial charge in [-0.15, -0.1) is 0 Å². The molecular formula is C44H63N2O8PS. The third-order valence-electron chi connectivity index (χ3n) is 8.18. The fourth-order valence-corrected chi connectivity index (χ4v) is 7.63. The number of ether oxygens (including phenoxy) is 2. The first-order chi connectivity index (χ1) is 27.1. The molecule has 1 heterocycles. The first-order valence-electron chi connectivity index (χ1n) is 19.2. The van der Waals surface area contributed by atoms with Crippen LogP contribution in [0.2, 0.25) is 0 Å². The summed E-state index contributed by atoms with van der Waals surface area (Å²) in [4.78, 5) is 9.49. The van der Waals surface area contributed by atoms with Crippen molar-refractivity contribution < 1.29 is 38.1 Å². The van der Waals surface area contributed by atoms with E-state index in [0.29, 0.717) is 17.7 Å². The summed E-state index contributed by atoms with van der Waals surface area (Å²) in [5.41, 5.74) is 3.19. The monoisotopic (exact) mass is 810 g/mol. The molecule has 3 N–H and O–H groups in total. The summed E-state index contributed by atoms with van der Waals surface area (Å²) < 4.78 is 38.9. The van der Waals surface area contributed by atoms with Gasteiger partial charge in [0.1, 0.15) is 5.75 Å². The van der Waals surface area contributed by atoms with Gasteiger partial charge >= 0.3 is 7.60 Å². The van der Waals surface area contributed by atoms with Crippen molar-refractivity contribution in [1.82, 2.24) is 9.62 Å². The van der Waals surface area contributed by atoms with Crippen LogP contribution in [0.15, 0.2) is 120 Å². The van der Waals surface area contributed by atoms with Crippen molar-refractivity contribution >= 4 is 26.0 Å². The molecule has 0 saturated carbocycles. The van der Waals surface area contributed by atoms with Crippen molar-refractivity contribution in [3.05, 3.63) is 132 Å². The fraction of sp³-hybridized carbons (Fsp3) is 0.432. The average molecular weight is 811 g/mol. The van der Waals surface area contributed by atoms with E-state index in [-0.39, 0.29) is 32.6 Å². The second-order valence-corrected chi connectivity index (χ2v) is 16.8. The number of aliphatic hydroxyl groups excluding tert-OH is 1. The zero-order valence-corrected chi connectivity index (χ0v) is 35.4. The van der Waals surface area contributed by atoms with Gasteiger partial charge in [0, 0.05) is 43.8 Å². The molecule has 1 fully saturated rings.